The van der Waals surface area contributed by atoms with Crippen LogP contribution in [-0.4, -0.2) is 61.1 Å². The van der Waals surface area contributed by atoms with Gasteiger partial charge in [-0.25, -0.2) is 9.59 Å². The molecule has 0 radical (unpaired) electrons. The maximum Gasteiger partial charge on any atom is 0.338 e. The maximum absolute atomic E-state index is 12.2. The second-order valence-corrected chi connectivity index (χ2v) is 6.55. The Morgan fingerprint density at radius 3 is 1.38 bits per heavy atom. The van der Waals surface area contributed by atoms with E-state index in [0.29, 0.717) is 0 Å². The number of carbonyl (C=O) groups is 2. The Balaban J connectivity index is 2.26. The van der Waals surface area contributed by atoms with Crippen LogP contribution in [-0.2, 0) is 38.0 Å². The quantitative estimate of drug-likeness (QED) is 0.685. The minimum Gasteiger partial charge on any atom is -0.464 e. The highest BCUT2D eigenvalue weighted by molar-refractivity contribution is 5.78. The normalized spacial score (nSPS) is 34.1. The molecule has 0 aromatic rings. The molecule has 0 spiro atoms. The summed E-state index contributed by atoms with van der Waals surface area (Å²) in [6.45, 7) is 10.5. The van der Waals surface area contributed by atoms with Crippen molar-refractivity contribution in [3.63, 3.8) is 0 Å². The van der Waals surface area contributed by atoms with Crippen LogP contribution in [0, 0.1) is 0 Å². The molecular formula is C16H26O8. The van der Waals surface area contributed by atoms with Crippen LogP contribution in [0.4, 0.5) is 0 Å². The first-order valence-electron chi connectivity index (χ1n) is 8.14. The fourth-order valence-electron chi connectivity index (χ4n) is 2.87. The summed E-state index contributed by atoms with van der Waals surface area (Å²) in [6, 6.07) is 0. The molecule has 8 heteroatoms. The van der Waals surface area contributed by atoms with E-state index in [0.717, 1.165) is 0 Å². The van der Waals surface area contributed by atoms with Gasteiger partial charge in [-0.05, 0) is 41.5 Å². The van der Waals surface area contributed by atoms with Crippen molar-refractivity contribution < 1.29 is 38.0 Å². The van der Waals surface area contributed by atoms with Gasteiger partial charge in [0.2, 0.25) is 0 Å². The molecule has 0 bridgehead atoms. The standard InChI is InChI=1S/C16H26O8/c1-7-19-13(17)11-9(21-15(3,4)23-11)10-12(14(18)20-8-2)24-16(5,6)22-10/h9-12H,7-8H2,1-6H3/t9?,10?,11-,12?/m0/s1. The lowest BCUT2D eigenvalue weighted by atomic mass is 10.0. The third-order valence-corrected chi connectivity index (χ3v) is 3.62. The topological polar surface area (TPSA) is 89.5 Å². The zero-order valence-corrected chi connectivity index (χ0v) is 15.0. The van der Waals surface area contributed by atoms with Crippen molar-refractivity contribution >= 4 is 11.9 Å². The number of hydrogen-bond acceptors (Lipinski definition) is 8. The number of carbonyl (C=O) groups excluding carboxylic acids is 2. The molecule has 0 saturated carbocycles. The summed E-state index contributed by atoms with van der Waals surface area (Å²) in [7, 11) is 0. The smallest absolute Gasteiger partial charge is 0.338 e. The van der Waals surface area contributed by atoms with E-state index in [2.05, 4.69) is 0 Å². The van der Waals surface area contributed by atoms with Crippen LogP contribution in [0.15, 0.2) is 0 Å². The van der Waals surface area contributed by atoms with E-state index in [1.807, 2.05) is 0 Å². The molecule has 24 heavy (non-hydrogen) atoms. The summed E-state index contributed by atoms with van der Waals surface area (Å²) in [5, 5.41) is 0. The summed E-state index contributed by atoms with van der Waals surface area (Å²) in [4.78, 5) is 24.4. The van der Waals surface area contributed by atoms with Gasteiger partial charge in [0.15, 0.2) is 23.8 Å². The average Bonchev–Trinajstić information content (AvgIpc) is 2.95. The summed E-state index contributed by atoms with van der Waals surface area (Å²) in [5.74, 6) is -3.16. The Bertz CT molecular complexity index is 442. The molecule has 4 atom stereocenters. The van der Waals surface area contributed by atoms with E-state index in [1.54, 1.807) is 41.5 Å². The number of rotatable bonds is 5. The minimum atomic E-state index is -1.02. The molecule has 0 aromatic carbocycles. The van der Waals surface area contributed by atoms with Gasteiger partial charge in [-0.2, -0.15) is 0 Å². The van der Waals surface area contributed by atoms with E-state index in [9.17, 15) is 9.59 Å². The highest BCUT2D eigenvalue weighted by Crippen LogP contribution is 2.39. The molecule has 0 aromatic heterocycles. The molecule has 0 amide bonds. The van der Waals surface area contributed by atoms with Crippen LogP contribution in [0.2, 0.25) is 0 Å². The van der Waals surface area contributed by atoms with Gasteiger partial charge in [0.1, 0.15) is 12.2 Å². The van der Waals surface area contributed by atoms with Crippen molar-refractivity contribution in [2.24, 2.45) is 0 Å². The maximum atomic E-state index is 12.2. The molecule has 0 aliphatic carbocycles. The number of esters is 2. The third kappa shape index (κ3) is 4.05. The van der Waals surface area contributed by atoms with Gasteiger partial charge in [-0.15, -0.1) is 0 Å². The lowest BCUT2D eigenvalue weighted by Crippen LogP contribution is -2.48. The van der Waals surface area contributed by atoms with Crippen molar-refractivity contribution in [3.05, 3.63) is 0 Å². The van der Waals surface area contributed by atoms with Crippen molar-refractivity contribution in [2.75, 3.05) is 13.2 Å². The zero-order valence-electron chi connectivity index (χ0n) is 15.0. The van der Waals surface area contributed by atoms with Gasteiger partial charge < -0.3 is 28.4 Å². The molecule has 2 aliphatic heterocycles. The lowest BCUT2D eigenvalue weighted by molar-refractivity contribution is -0.177. The van der Waals surface area contributed by atoms with E-state index in [1.165, 1.54) is 0 Å². The van der Waals surface area contributed by atoms with E-state index >= 15 is 0 Å². The lowest BCUT2D eigenvalue weighted by Gasteiger charge is -2.24. The van der Waals surface area contributed by atoms with Gasteiger partial charge in [0, 0.05) is 0 Å². The largest absolute Gasteiger partial charge is 0.464 e. The molecule has 2 aliphatic rings. The van der Waals surface area contributed by atoms with Crippen molar-refractivity contribution in [1.29, 1.82) is 0 Å². The molecule has 2 saturated heterocycles. The fraction of sp³-hybridized carbons (Fsp3) is 0.875. The number of hydrogen-bond donors (Lipinski definition) is 0. The molecule has 2 rings (SSSR count). The van der Waals surface area contributed by atoms with Crippen LogP contribution in [0.5, 0.6) is 0 Å². The van der Waals surface area contributed by atoms with Crippen LogP contribution in [0.25, 0.3) is 0 Å². The Kier molecular flexibility index (Phi) is 5.54. The van der Waals surface area contributed by atoms with Gasteiger partial charge in [-0.1, -0.05) is 0 Å². The van der Waals surface area contributed by atoms with Gasteiger partial charge in [-0.3, -0.25) is 0 Å². The second-order valence-electron chi connectivity index (χ2n) is 6.55. The fourth-order valence-corrected chi connectivity index (χ4v) is 2.87. The SMILES string of the molecule is CCOC(=O)C1OC(C)(C)OC1C1OC(C)(C)O[C@@H]1C(=O)OCC. The predicted octanol–water partition coefficient (Wildman–Crippen LogP) is 1.15. The third-order valence-electron chi connectivity index (χ3n) is 3.62. The Morgan fingerprint density at radius 2 is 1.08 bits per heavy atom. The van der Waals surface area contributed by atoms with E-state index in [-0.39, 0.29) is 13.2 Å². The Labute approximate surface area is 141 Å². The van der Waals surface area contributed by atoms with Crippen molar-refractivity contribution in [1.82, 2.24) is 0 Å². The molecule has 2 heterocycles. The van der Waals surface area contributed by atoms with Crippen molar-refractivity contribution in [2.45, 2.75) is 77.5 Å². The molecular weight excluding hydrogens is 320 g/mol. The average molecular weight is 346 g/mol. The molecule has 8 nitrogen and oxygen atoms in total. The van der Waals surface area contributed by atoms with E-state index in [4.69, 9.17) is 28.4 Å². The zero-order chi connectivity index (χ0) is 18.1. The Hall–Kier alpha value is -1.22. The summed E-state index contributed by atoms with van der Waals surface area (Å²) in [6.07, 6.45) is -3.73. The highest BCUT2D eigenvalue weighted by atomic mass is 16.8. The second kappa shape index (κ2) is 6.95. The summed E-state index contributed by atoms with van der Waals surface area (Å²) < 4.78 is 33.1. The first-order chi connectivity index (χ1) is 11.1. The Morgan fingerprint density at radius 1 is 0.750 bits per heavy atom. The molecule has 2 fully saturated rings. The molecule has 0 N–H and O–H groups in total. The highest BCUT2D eigenvalue weighted by Gasteiger charge is 2.58. The number of ether oxygens (including phenoxy) is 6. The predicted molar refractivity (Wildman–Crippen MR) is 80.9 cm³/mol. The minimum absolute atomic E-state index is 0.209. The van der Waals surface area contributed by atoms with Crippen LogP contribution >= 0.6 is 0 Å². The van der Waals surface area contributed by atoms with Crippen LogP contribution in [0.1, 0.15) is 41.5 Å². The monoisotopic (exact) mass is 346 g/mol. The van der Waals surface area contributed by atoms with Crippen LogP contribution < -0.4 is 0 Å². The molecule has 3 unspecified atom stereocenters. The summed E-state index contributed by atoms with van der Waals surface area (Å²) >= 11 is 0. The summed E-state index contributed by atoms with van der Waals surface area (Å²) in [5.41, 5.74) is 0. The van der Waals surface area contributed by atoms with Gasteiger partial charge in [0.25, 0.3) is 0 Å². The molecule has 138 valence electrons. The first kappa shape index (κ1) is 19.1. The first-order valence-corrected chi connectivity index (χ1v) is 8.14. The van der Waals surface area contributed by atoms with Gasteiger partial charge >= 0.3 is 11.9 Å². The van der Waals surface area contributed by atoms with Crippen LogP contribution in [0.3, 0.4) is 0 Å². The van der Waals surface area contributed by atoms with E-state index < -0.39 is 47.9 Å². The van der Waals surface area contributed by atoms with Crippen molar-refractivity contribution in [3.8, 4) is 0 Å². The van der Waals surface area contributed by atoms with Gasteiger partial charge in [0.05, 0.1) is 13.2 Å².